The number of hydrogen-bond acceptors (Lipinski definition) is 9. The lowest BCUT2D eigenvalue weighted by Crippen LogP contribution is -2.51. The number of rotatable bonds is 8. The molecule has 0 aliphatic carbocycles. The Bertz CT molecular complexity index is 546. The molecule has 1 rings (SSSR count). The third-order valence-corrected chi connectivity index (χ3v) is 4.70. The van der Waals surface area contributed by atoms with Crippen molar-refractivity contribution in [2.75, 3.05) is 79.1 Å². The summed E-state index contributed by atoms with van der Waals surface area (Å²) in [6, 6.07) is -0.171. The summed E-state index contributed by atoms with van der Waals surface area (Å²) in [5.74, 6) is -2.94. The molecule has 32 heavy (non-hydrogen) atoms. The van der Waals surface area contributed by atoms with E-state index in [1.165, 1.54) is 0 Å². The molecule has 0 amide bonds. The zero-order valence-corrected chi connectivity index (χ0v) is 19.6. The molecule has 1 aliphatic heterocycles. The fraction of sp³-hybridized carbons (Fsp3) is 0.800. The topological polar surface area (TPSA) is 162 Å². The number of nitrogens with zero attached hydrogens (tertiary/aromatic N) is 4. The Morgan fingerprint density at radius 2 is 1.12 bits per heavy atom. The van der Waals surface area contributed by atoms with Gasteiger partial charge >= 0.3 is 17.9 Å². The Balaban J connectivity index is 0. The van der Waals surface area contributed by atoms with E-state index in [-0.39, 0.29) is 32.2 Å². The minimum absolute atomic E-state index is 0.170. The smallest absolute Gasteiger partial charge is 0.317 e. The molecule has 12 heteroatoms. The van der Waals surface area contributed by atoms with Gasteiger partial charge in [0.25, 0.3) is 0 Å². The monoisotopic (exact) mass is 464 g/mol. The average Bonchev–Trinajstić information content (AvgIpc) is 2.73. The second-order valence-corrected chi connectivity index (χ2v) is 6.98. The van der Waals surface area contributed by atoms with E-state index in [0.717, 1.165) is 13.4 Å². The van der Waals surface area contributed by atoms with Gasteiger partial charge in [-0.2, -0.15) is 0 Å². The van der Waals surface area contributed by atoms with Gasteiger partial charge in [0.1, 0.15) is 6.29 Å². The number of aldehydes is 1. The van der Waals surface area contributed by atoms with Crippen molar-refractivity contribution in [3.8, 4) is 0 Å². The Kier molecular flexibility index (Phi) is 19.6. The first-order valence-corrected chi connectivity index (χ1v) is 10.7. The molecular formula is C20H40N4O8. The lowest BCUT2D eigenvalue weighted by molar-refractivity contribution is -0.141. The first-order chi connectivity index (χ1) is 15.2. The number of carbonyl (C=O) groups is 4. The average molecular weight is 465 g/mol. The van der Waals surface area contributed by atoms with Crippen molar-refractivity contribution in [3.05, 3.63) is 0 Å². The van der Waals surface area contributed by atoms with Crippen molar-refractivity contribution in [2.24, 2.45) is 0 Å². The van der Waals surface area contributed by atoms with Gasteiger partial charge in [-0.3, -0.25) is 34.0 Å². The number of hydrogen-bond donors (Lipinski definition) is 4. The van der Waals surface area contributed by atoms with E-state index in [1.807, 2.05) is 25.7 Å². The highest BCUT2D eigenvalue weighted by Gasteiger charge is 2.23. The molecule has 1 fully saturated rings. The lowest BCUT2D eigenvalue weighted by atomic mass is 10.2. The maximum Gasteiger partial charge on any atom is 0.317 e. The van der Waals surface area contributed by atoms with Crippen LogP contribution in [-0.2, 0) is 19.2 Å². The summed E-state index contributed by atoms with van der Waals surface area (Å²) in [6.07, 6.45) is 0.774. The van der Waals surface area contributed by atoms with Crippen LogP contribution in [0.1, 0.15) is 20.8 Å². The molecule has 0 aromatic carbocycles. The number of carboxylic acids is 3. The predicted molar refractivity (Wildman–Crippen MR) is 119 cm³/mol. The first-order valence-electron chi connectivity index (χ1n) is 10.7. The van der Waals surface area contributed by atoms with E-state index < -0.39 is 17.9 Å². The van der Waals surface area contributed by atoms with Crippen LogP contribution >= 0.6 is 0 Å². The van der Waals surface area contributed by atoms with Gasteiger partial charge in [0, 0.05) is 59.0 Å². The third-order valence-electron chi connectivity index (χ3n) is 4.70. The molecule has 0 spiro atoms. The highest BCUT2D eigenvalue weighted by Crippen LogP contribution is 2.06. The summed E-state index contributed by atoms with van der Waals surface area (Å²) in [7, 11) is 1.00. The van der Waals surface area contributed by atoms with Gasteiger partial charge in [0.2, 0.25) is 0 Å². The Morgan fingerprint density at radius 1 is 0.750 bits per heavy atom. The standard InChI is InChI=1S/C17H30N4O7.C2H6.CH4O/c1-14-10-20(8-9-22)5-4-18(11-15(23)24)2-3-19(12-16(25)26)6-7-21(14)13-17(27)28;2*1-2/h9,14H,2-8,10-13H2,1H3,(H,23,24)(H,25,26)(H,27,28);1-2H3;2H,1H3. The maximum atomic E-state index is 11.2. The van der Waals surface area contributed by atoms with Crippen molar-refractivity contribution in [3.63, 3.8) is 0 Å². The number of carboxylic acid groups (broad SMARTS) is 3. The predicted octanol–water partition coefficient (Wildman–Crippen LogP) is -1.32. The molecule has 1 aliphatic rings. The number of carbonyl (C=O) groups excluding carboxylic acids is 1. The van der Waals surface area contributed by atoms with Crippen LogP contribution in [0.2, 0.25) is 0 Å². The summed E-state index contributed by atoms with van der Waals surface area (Å²) in [4.78, 5) is 51.5. The van der Waals surface area contributed by atoms with Gasteiger partial charge in [0.15, 0.2) is 0 Å². The summed E-state index contributed by atoms with van der Waals surface area (Å²) >= 11 is 0. The van der Waals surface area contributed by atoms with Crippen LogP contribution in [0.15, 0.2) is 0 Å². The zero-order chi connectivity index (χ0) is 25.1. The molecule has 0 aromatic rings. The molecule has 1 saturated heterocycles. The number of aliphatic carboxylic acids is 3. The fourth-order valence-electron chi connectivity index (χ4n) is 3.24. The van der Waals surface area contributed by atoms with Gasteiger partial charge in [-0.25, -0.2) is 0 Å². The van der Waals surface area contributed by atoms with Crippen molar-refractivity contribution in [1.82, 2.24) is 19.6 Å². The minimum Gasteiger partial charge on any atom is -0.480 e. The van der Waals surface area contributed by atoms with Crippen LogP contribution in [0.5, 0.6) is 0 Å². The molecule has 12 nitrogen and oxygen atoms in total. The molecule has 0 saturated carbocycles. The highest BCUT2D eigenvalue weighted by molar-refractivity contribution is 5.70. The molecule has 1 unspecified atom stereocenters. The largest absolute Gasteiger partial charge is 0.480 e. The maximum absolute atomic E-state index is 11.2. The van der Waals surface area contributed by atoms with Gasteiger partial charge < -0.3 is 25.2 Å². The molecule has 188 valence electrons. The van der Waals surface area contributed by atoms with Crippen LogP contribution in [0.25, 0.3) is 0 Å². The summed E-state index contributed by atoms with van der Waals surface area (Å²) in [5, 5.41) is 34.4. The molecule has 0 aromatic heterocycles. The van der Waals surface area contributed by atoms with Crippen LogP contribution in [0, 0.1) is 0 Å². The molecule has 0 radical (unpaired) electrons. The second kappa shape index (κ2) is 19.6. The van der Waals surface area contributed by atoms with Crippen LogP contribution in [0.4, 0.5) is 0 Å². The zero-order valence-electron chi connectivity index (χ0n) is 19.6. The Hall–Kier alpha value is -2.12. The van der Waals surface area contributed by atoms with Crippen LogP contribution in [-0.4, -0.2) is 149 Å². The summed E-state index contributed by atoms with van der Waals surface area (Å²) in [6.45, 7) is 8.22. The van der Waals surface area contributed by atoms with Crippen LogP contribution < -0.4 is 0 Å². The van der Waals surface area contributed by atoms with Crippen molar-refractivity contribution in [1.29, 1.82) is 0 Å². The Morgan fingerprint density at radius 3 is 1.50 bits per heavy atom. The molecule has 0 bridgehead atoms. The molecule has 4 N–H and O–H groups in total. The summed E-state index contributed by atoms with van der Waals surface area (Å²) in [5.41, 5.74) is 0. The number of aliphatic hydroxyl groups excluding tert-OH is 1. The Labute approximate surface area is 190 Å². The molecule has 1 atom stereocenters. The van der Waals surface area contributed by atoms with E-state index in [1.54, 1.807) is 14.7 Å². The third kappa shape index (κ3) is 15.6. The van der Waals surface area contributed by atoms with Crippen molar-refractivity contribution in [2.45, 2.75) is 26.8 Å². The van der Waals surface area contributed by atoms with E-state index >= 15 is 0 Å². The normalized spacial score (nSPS) is 19.7. The SMILES string of the molecule is CC.CC1CN(CC=O)CCN(CC(=O)O)CCN(CC(=O)O)CCN1CC(=O)O.CO. The minimum atomic E-state index is -0.994. The van der Waals surface area contributed by atoms with Gasteiger partial charge in [-0.05, 0) is 6.92 Å². The quantitative estimate of drug-likeness (QED) is 0.314. The first kappa shape index (κ1) is 32.1. The van der Waals surface area contributed by atoms with E-state index in [2.05, 4.69) is 0 Å². The van der Waals surface area contributed by atoms with Crippen molar-refractivity contribution >= 4 is 24.2 Å². The second-order valence-electron chi connectivity index (χ2n) is 6.98. The van der Waals surface area contributed by atoms with E-state index in [9.17, 15) is 24.3 Å². The van der Waals surface area contributed by atoms with Crippen molar-refractivity contribution < 1.29 is 39.6 Å². The van der Waals surface area contributed by atoms with Crippen LogP contribution in [0.3, 0.4) is 0 Å². The summed E-state index contributed by atoms with van der Waals surface area (Å²) < 4.78 is 0. The van der Waals surface area contributed by atoms with Gasteiger partial charge in [0.05, 0.1) is 26.2 Å². The fourth-order valence-corrected chi connectivity index (χ4v) is 3.24. The lowest BCUT2D eigenvalue weighted by Gasteiger charge is -2.35. The molecule has 1 heterocycles. The van der Waals surface area contributed by atoms with E-state index in [4.69, 9.17) is 15.3 Å². The van der Waals surface area contributed by atoms with Gasteiger partial charge in [-0.1, -0.05) is 13.8 Å². The van der Waals surface area contributed by atoms with E-state index in [0.29, 0.717) is 45.8 Å². The van der Waals surface area contributed by atoms with Gasteiger partial charge in [-0.15, -0.1) is 0 Å². The molecular weight excluding hydrogens is 424 g/mol. The highest BCUT2D eigenvalue weighted by atomic mass is 16.4. The number of aliphatic hydroxyl groups is 1.